The molecule has 0 heterocycles. The second-order valence-electron chi connectivity index (χ2n) is 0.224. The summed E-state index contributed by atoms with van der Waals surface area (Å²) in [7, 11) is 0. The van der Waals surface area contributed by atoms with Gasteiger partial charge in [0, 0.05) is 0 Å². The van der Waals surface area contributed by atoms with Gasteiger partial charge in [-0.2, -0.15) is 0 Å². The van der Waals surface area contributed by atoms with Crippen molar-refractivity contribution >= 4 is 0 Å². The van der Waals surface area contributed by atoms with Crippen molar-refractivity contribution in [3.8, 4) is 0 Å². The molecule has 0 bridgehead atoms. The van der Waals surface area contributed by atoms with E-state index in [9.17, 15) is 0 Å². The van der Waals surface area contributed by atoms with Gasteiger partial charge in [0.25, 0.3) is 0 Å². The molecule has 0 aromatic carbocycles. The van der Waals surface area contributed by atoms with Gasteiger partial charge in [-0.05, 0) is 0 Å². The predicted octanol–water partition coefficient (Wildman–Crippen LogP) is -0.356. The Kier molecular flexibility index (Phi) is 2.38. The van der Waals surface area contributed by atoms with Gasteiger partial charge in [-0.3, -0.25) is 0 Å². The minimum atomic E-state index is -4.34. The van der Waals surface area contributed by atoms with E-state index >= 15 is 0 Å². The monoisotopic (exact) mass is 193 g/mol. The molecular formula is O3Pm. The molecule has 0 spiro atoms. The number of hydrogen-bond acceptors (Lipinski definition) is 3. The van der Waals surface area contributed by atoms with Crippen LogP contribution in [0.5, 0.6) is 0 Å². The molecule has 0 aliphatic rings. The van der Waals surface area contributed by atoms with Crippen molar-refractivity contribution in [2.75, 3.05) is 0 Å². The Morgan fingerprint density at radius 2 is 1.00 bits per heavy atom. The molecule has 0 aliphatic heterocycles. The standard InChI is InChI=1S/3O.Pm. The van der Waals surface area contributed by atoms with Crippen LogP contribution >= 0.6 is 0 Å². The summed E-state index contributed by atoms with van der Waals surface area (Å²) in [5.41, 5.74) is 0. The molecule has 0 aromatic rings. The van der Waals surface area contributed by atoms with Gasteiger partial charge in [-0.25, -0.2) is 0 Å². The van der Waals surface area contributed by atoms with Crippen LogP contribution in [0.25, 0.3) is 0 Å². The Morgan fingerprint density at radius 3 is 1.00 bits per heavy atom. The Hall–Kier alpha value is 0.738. The zero-order valence-electron chi connectivity index (χ0n) is 1.67. The van der Waals surface area contributed by atoms with Crippen LogP contribution in [0.3, 0.4) is 0 Å². The molecule has 0 radical (unpaired) electrons. The average Bonchev–Trinajstić information content (AvgIpc) is 0.811. The Balaban J connectivity index is 4.65. The van der Waals surface area contributed by atoms with Crippen molar-refractivity contribution in [2.45, 2.75) is 0 Å². The average molecular weight is 193 g/mol. The van der Waals surface area contributed by atoms with Gasteiger partial charge in [0.15, 0.2) is 0 Å². The van der Waals surface area contributed by atoms with Crippen molar-refractivity contribution in [1.29, 1.82) is 0 Å². The van der Waals surface area contributed by atoms with Gasteiger partial charge >= 0.3 is 37.9 Å². The van der Waals surface area contributed by atoms with E-state index in [0.717, 1.165) is 0 Å². The van der Waals surface area contributed by atoms with E-state index < -0.39 is 34.6 Å². The zero-order valence-corrected chi connectivity index (χ0v) is 4.54. The summed E-state index contributed by atoms with van der Waals surface area (Å²) in [5, 5.41) is 0. The third-order valence-electron chi connectivity index (χ3n) is 0. The van der Waals surface area contributed by atoms with Crippen molar-refractivity contribution in [3.63, 3.8) is 0 Å². The van der Waals surface area contributed by atoms with Gasteiger partial charge in [0.05, 0.1) is 0 Å². The van der Waals surface area contributed by atoms with E-state index in [1.807, 2.05) is 0 Å². The molecule has 23 valence electrons. The zero-order chi connectivity index (χ0) is 3.58. The molecule has 0 atom stereocenters. The maximum absolute atomic E-state index is 8.62. The maximum atomic E-state index is 8.62. The molecule has 0 amide bonds. The molecule has 3 nitrogen and oxygen atoms in total. The van der Waals surface area contributed by atoms with Crippen LogP contribution in [0.15, 0.2) is 0 Å². The topological polar surface area (TPSA) is 51.2 Å². The summed E-state index contributed by atoms with van der Waals surface area (Å²) in [6, 6.07) is 0. The van der Waals surface area contributed by atoms with E-state index in [0.29, 0.717) is 0 Å². The summed E-state index contributed by atoms with van der Waals surface area (Å²) in [6.45, 7) is 0. The van der Waals surface area contributed by atoms with Gasteiger partial charge in [0.1, 0.15) is 0 Å². The first-order chi connectivity index (χ1) is 1.73. The number of hydrogen-bond donors (Lipinski definition) is 0. The summed E-state index contributed by atoms with van der Waals surface area (Å²) in [5.74, 6) is 0. The Labute approximate surface area is 37.5 Å². The fourth-order valence-electron chi connectivity index (χ4n) is 0. The first-order valence-corrected chi connectivity index (χ1v) is 4.06. The van der Waals surface area contributed by atoms with Crippen molar-refractivity contribution in [1.82, 2.24) is 0 Å². The predicted molar refractivity (Wildman–Crippen MR) is 2.06 cm³/mol. The van der Waals surface area contributed by atoms with Crippen LogP contribution < -0.4 is 0 Å². The molecular weight excluding hydrogens is 193 g/mol. The van der Waals surface area contributed by atoms with E-state index in [1.165, 1.54) is 0 Å². The van der Waals surface area contributed by atoms with Crippen LogP contribution in [-0.2, 0) is 3.32 Å². The second-order valence-corrected chi connectivity index (χ2v) is 1.66. The second kappa shape index (κ2) is 2.01. The van der Waals surface area contributed by atoms with Crippen LogP contribution in [0.2, 0.25) is 0 Å². The van der Waals surface area contributed by atoms with Crippen molar-refractivity contribution in [3.05, 3.63) is 0 Å². The molecule has 0 saturated carbocycles. The van der Waals surface area contributed by atoms with E-state index in [2.05, 4.69) is 0 Å². The third-order valence-corrected chi connectivity index (χ3v) is 0. The normalized spacial score (nSPS) is 6.00. The van der Waals surface area contributed by atoms with Crippen LogP contribution in [0.4, 0.5) is 0 Å². The SMILES string of the molecule is [O]=[Pm](=[O])=[O]. The first-order valence-electron chi connectivity index (χ1n) is 0.548. The van der Waals surface area contributed by atoms with Crippen LogP contribution in [0.1, 0.15) is 0 Å². The van der Waals surface area contributed by atoms with Gasteiger partial charge in [0.2, 0.25) is 0 Å². The van der Waals surface area contributed by atoms with E-state index in [-0.39, 0.29) is 0 Å². The summed E-state index contributed by atoms with van der Waals surface area (Å²) >= 11 is -4.34. The van der Waals surface area contributed by atoms with Crippen LogP contribution in [-0.4, -0.2) is 0 Å². The minimum absolute atomic E-state index is 4.34. The quantitative estimate of drug-likeness (QED) is 0.528. The van der Waals surface area contributed by atoms with Gasteiger partial charge in [-0.1, -0.05) is 0 Å². The number of rotatable bonds is 0. The first kappa shape index (κ1) is 4.74. The molecule has 0 saturated heterocycles. The molecule has 0 rings (SSSR count). The summed E-state index contributed by atoms with van der Waals surface area (Å²) in [6.07, 6.45) is 0. The molecule has 0 N–H and O–H groups in total. The summed E-state index contributed by atoms with van der Waals surface area (Å²) in [4.78, 5) is 0. The molecule has 0 fully saturated rings. The Morgan fingerprint density at radius 1 is 1.00 bits per heavy atom. The molecule has 0 aliphatic carbocycles. The van der Waals surface area contributed by atoms with E-state index in [1.54, 1.807) is 0 Å². The fraction of sp³-hybridized carbons (Fsp3) is 0. The Bertz CT molecular complexity index is 72.7. The van der Waals surface area contributed by atoms with Gasteiger partial charge in [-0.15, -0.1) is 0 Å². The van der Waals surface area contributed by atoms with Crippen LogP contribution in [0, 0.1) is 34.6 Å². The van der Waals surface area contributed by atoms with E-state index in [4.69, 9.17) is 3.32 Å². The van der Waals surface area contributed by atoms with Crippen molar-refractivity contribution in [2.24, 2.45) is 0 Å². The molecule has 0 unspecified atom stereocenters. The third kappa shape index (κ3) is 15.2. The van der Waals surface area contributed by atoms with Crippen molar-refractivity contribution < 1.29 is 37.9 Å². The molecule has 4 heteroatoms. The fourth-order valence-corrected chi connectivity index (χ4v) is 0. The van der Waals surface area contributed by atoms with Gasteiger partial charge < -0.3 is 0 Å². The molecule has 4 heavy (non-hydrogen) atoms. The molecule has 0 aromatic heterocycles. The summed E-state index contributed by atoms with van der Waals surface area (Å²) < 4.78 is 25.9.